The number of carbonyl (C=O) groups is 1. The zero-order valence-electron chi connectivity index (χ0n) is 20.3. The number of aliphatic hydroxyl groups is 1. The van der Waals surface area contributed by atoms with E-state index >= 15 is 0 Å². The predicted octanol–water partition coefficient (Wildman–Crippen LogP) is 1.06. The Morgan fingerprint density at radius 3 is 2.86 bits per heavy atom. The summed E-state index contributed by atoms with van der Waals surface area (Å²) in [5.74, 6) is 0.539. The summed E-state index contributed by atoms with van der Waals surface area (Å²) < 4.78 is 7.02. The number of likely N-dealkylation sites (N-methyl/N-ethyl adjacent to an activating group) is 1. The Bertz CT molecular complexity index is 1320. The second-order valence-corrected chi connectivity index (χ2v) is 9.01. The number of fused-ring (bicyclic) bond motifs is 1. The number of hydrogen-bond donors (Lipinski definition) is 4. The molecule has 0 bridgehead atoms. The molecule has 0 saturated carbocycles. The lowest BCUT2D eigenvalue weighted by Crippen LogP contribution is -2.53. The van der Waals surface area contributed by atoms with Crippen molar-refractivity contribution < 1.29 is 14.6 Å². The molecular formula is C23H29ClN8O4. The quantitative estimate of drug-likeness (QED) is 0.342. The summed E-state index contributed by atoms with van der Waals surface area (Å²) >= 11 is 6.38. The Morgan fingerprint density at radius 2 is 2.14 bits per heavy atom. The molecule has 0 spiro atoms. The number of piperazine rings is 1. The maximum absolute atomic E-state index is 13.0. The number of anilines is 3. The van der Waals surface area contributed by atoms with Gasteiger partial charge in [-0.1, -0.05) is 11.6 Å². The molecule has 0 radical (unpaired) electrons. The molecule has 1 aliphatic rings. The topological polar surface area (TPSA) is 147 Å². The van der Waals surface area contributed by atoms with E-state index in [9.17, 15) is 14.7 Å². The average molecular weight is 517 g/mol. The van der Waals surface area contributed by atoms with Gasteiger partial charge in [0.05, 0.1) is 30.7 Å². The van der Waals surface area contributed by atoms with Gasteiger partial charge in [-0.3, -0.25) is 14.2 Å². The van der Waals surface area contributed by atoms with Crippen LogP contribution in [-0.4, -0.2) is 76.5 Å². The first-order valence-electron chi connectivity index (χ1n) is 11.6. The SMILES string of the molecule is CNC(=O)COc1cc2cc(Nc3nc(N4CCNC[C@@H]4CO)ncc3Cl)cnc2n(C(C)C)c1=O. The first-order chi connectivity index (χ1) is 17.3. The summed E-state index contributed by atoms with van der Waals surface area (Å²) in [5.41, 5.74) is 0.695. The minimum atomic E-state index is -0.368. The van der Waals surface area contributed by atoms with Crippen LogP contribution in [0.3, 0.4) is 0 Å². The van der Waals surface area contributed by atoms with Gasteiger partial charge in [0.15, 0.2) is 18.2 Å². The molecule has 36 heavy (non-hydrogen) atoms. The number of aliphatic hydroxyl groups excluding tert-OH is 1. The van der Waals surface area contributed by atoms with E-state index in [0.717, 1.165) is 6.54 Å². The molecule has 1 amide bonds. The van der Waals surface area contributed by atoms with Crippen LogP contribution >= 0.6 is 11.6 Å². The van der Waals surface area contributed by atoms with Crippen LogP contribution in [-0.2, 0) is 4.79 Å². The van der Waals surface area contributed by atoms with Gasteiger partial charge in [-0.15, -0.1) is 0 Å². The van der Waals surface area contributed by atoms with Crippen molar-refractivity contribution in [3.05, 3.63) is 39.9 Å². The van der Waals surface area contributed by atoms with Gasteiger partial charge in [-0.2, -0.15) is 4.98 Å². The highest BCUT2D eigenvalue weighted by molar-refractivity contribution is 6.32. The number of halogens is 1. The van der Waals surface area contributed by atoms with Crippen LogP contribution in [0.25, 0.3) is 11.0 Å². The standard InChI is InChI=1S/C23H29ClN8O4/c1-13(2)32-21-14(7-18(22(32)35)36-12-19(34)25-3)6-15(8-27-21)29-20-17(24)10-28-23(30-20)31-5-4-26-9-16(31)11-33/h6-8,10,13,16,26,33H,4-5,9,11-12H2,1-3H3,(H,25,34)(H,28,29,30)/t16-/m1/s1. The number of aromatic nitrogens is 4. The molecule has 4 N–H and O–H groups in total. The fourth-order valence-electron chi connectivity index (χ4n) is 3.97. The van der Waals surface area contributed by atoms with Crippen molar-refractivity contribution in [3.63, 3.8) is 0 Å². The van der Waals surface area contributed by atoms with Crippen LogP contribution in [0.1, 0.15) is 19.9 Å². The van der Waals surface area contributed by atoms with Gasteiger partial charge >= 0.3 is 0 Å². The minimum absolute atomic E-state index is 0.0295. The summed E-state index contributed by atoms with van der Waals surface area (Å²) in [6.45, 7) is 5.46. The van der Waals surface area contributed by atoms with Gasteiger partial charge in [0.25, 0.3) is 11.5 Å². The Hall–Kier alpha value is -3.48. The summed E-state index contributed by atoms with van der Waals surface area (Å²) in [5, 5.41) is 19.6. The second kappa shape index (κ2) is 11.1. The van der Waals surface area contributed by atoms with Crippen LogP contribution < -0.4 is 31.1 Å². The van der Waals surface area contributed by atoms with Gasteiger partial charge in [0, 0.05) is 38.1 Å². The van der Waals surface area contributed by atoms with Crippen molar-refractivity contribution in [3.8, 4) is 5.75 Å². The monoisotopic (exact) mass is 516 g/mol. The third-order valence-electron chi connectivity index (χ3n) is 5.81. The zero-order valence-corrected chi connectivity index (χ0v) is 21.0. The van der Waals surface area contributed by atoms with E-state index in [-0.39, 0.29) is 42.5 Å². The van der Waals surface area contributed by atoms with E-state index in [1.807, 2.05) is 18.7 Å². The number of nitrogens with one attached hydrogen (secondary N) is 3. The van der Waals surface area contributed by atoms with Gasteiger partial charge in [-0.05, 0) is 26.0 Å². The Kier molecular flexibility index (Phi) is 7.87. The molecule has 1 atom stereocenters. The van der Waals surface area contributed by atoms with E-state index in [4.69, 9.17) is 16.3 Å². The second-order valence-electron chi connectivity index (χ2n) is 8.60. The maximum Gasteiger partial charge on any atom is 0.294 e. The average Bonchev–Trinajstić information content (AvgIpc) is 2.88. The maximum atomic E-state index is 13.0. The fourth-order valence-corrected chi connectivity index (χ4v) is 4.11. The molecule has 3 aromatic rings. The molecule has 1 aliphatic heterocycles. The Balaban J connectivity index is 1.68. The van der Waals surface area contributed by atoms with E-state index in [1.54, 1.807) is 18.3 Å². The van der Waals surface area contributed by atoms with Crippen LogP contribution in [0.4, 0.5) is 17.5 Å². The first kappa shape index (κ1) is 25.6. The van der Waals surface area contributed by atoms with Gasteiger partial charge in [0.1, 0.15) is 10.7 Å². The molecule has 0 aliphatic carbocycles. The molecule has 0 aromatic carbocycles. The van der Waals surface area contributed by atoms with Crippen molar-refractivity contribution in [2.45, 2.75) is 25.9 Å². The van der Waals surface area contributed by atoms with Gasteiger partial charge in [0.2, 0.25) is 5.95 Å². The first-order valence-corrected chi connectivity index (χ1v) is 12.0. The molecule has 12 nitrogen and oxygen atoms in total. The largest absolute Gasteiger partial charge is 0.478 e. The highest BCUT2D eigenvalue weighted by atomic mass is 35.5. The lowest BCUT2D eigenvalue weighted by atomic mass is 10.2. The summed E-state index contributed by atoms with van der Waals surface area (Å²) in [6, 6.07) is 3.03. The molecule has 4 heterocycles. The van der Waals surface area contributed by atoms with Crippen molar-refractivity contribution in [2.24, 2.45) is 0 Å². The van der Waals surface area contributed by atoms with Gasteiger partial charge < -0.3 is 30.7 Å². The summed E-state index contributed by atoms with van der Waals surface area (Å²) in [7, 11) is 1.50. The molecule has 13 heteroatoms. The van der Waals surface area contributed by atoms with Crippen molar-refractivity contribution in [1.82, 2.24) is 30.2 Å². The lowest BCUT2D eigenvalue weighted by Gasteiger charge is -2.35. The molecular weight excluding hydrogens is 488 g/mol. The van der Waals surface area contributed by atoms with E-state index in [1.165, 1.54) is 17.8 Å². The minimum Gasteiger partial charge on any atom is -0.478 e. The lowest BCUT2D eigenvalue weighted by molar-refractivity contribution is -0.122. The van der Waals surface area contributed by atoms with E-state index in [2.05, 4.69) is 30.9 Å². The molecule has 1 fully saturated rings. The van der Waals surface area contributed by atoms with Crippen molar-refractivity contribution in [2.75, 3.05) is 50.1 Å². The highest BCUT2D eigenvalue weighted by Crippen LogP contribution is 2.28. The highest BCUT2D eigenvalue weighted by Gasteiger charge is 2.24. The fraction of sp³-hybridized carbons (Fsp3) is 0.435. The van der Waals surface area contributed by atoms with Crippen molar-refractivity contribution >= 4 is 46.0 Å². The van der Waals surface area contributed by atoms with Crippen LogP contribution in [0.15, 0.2) is 29.3 Å². The molecule has 3 aromatic heterocycles. The normalized spacial score (nSPS) is 15.8. The number of rotatable bonds is 8. The molecule has 0 unspecified atom stereocenters. The number of carbonyl (C=O) groups excluding carboxylic acids is 1. The van der Waals surface area contributed by atoms with Crippen LogP contribution in [0, 0.1) is 0 Å². The van der Waals surface area contributed by atoms with E-state index < -0.39 is 0 Å². The number of hydrogen-bond acceptors (Lipinski definition) is 10. The predicted molar refractivity (Wildman–Crippen MR) is 137 cm³/mol. The smallest absolute Gasteiger partial charge is 0.294 e. The van der Waals surface area contributed by atoms with Crippen LogP contribution in [0.2, 0.25) is 5.02 Å². The molecule has 4 rings (SSSR count). The van der Waals surface area contributed by atoms with E-state index in [0.29, 0.717) is 46.6 Å². The summed E-state index contributed by atoms with van der Waals surface area (Å²) in [6.07, 6.45) is 3.10. The third-order valence-corrected chi connectivity index (χ3v) is 6.08. The van der Waals surface area contributed by atoms with Crippen LogP contribution in [0.5, 0.6) is 5.75 Å². The number of ether oxygens (including phenoxy) is 1. The Morgan fingerprint density at radius 1 is 1.33 bits per heavy atom. The molecule has 1 saturated heterocycles. The number of pyridine rings is 2. The molecule has 192 valence electrons. The summed E-state index contributed by atoms with van der Waals surface area (Å²) in [4.78, 5) is 40.0. The Labute approximate surface area is 212 Å². The third kappa shape index (κ3) is 5.35. The zero-order chi connectivity index (χ0) is 25.8. The van der Waals surface area contributed by atoms with Gasteiger partial charge in [-0.25, -0.2) is 9.97 Å². The van der Waals surface area contributed by atoms with Crippen molar-refractivity contribution in [1.29, 1.82) is 0 Å². The number of amides is 1. The number of nitrogens with zero attached hydrogens (tertiary/aromatic N) is 5.